The van der Waals surface area contributed by atoms with Crippen molar-refractivity contribution in [3.63, 3.8) is 0 Å². The maximum atomic E-state index is 12.1. The van der Waals surface area contributed by atoms with Gasteiger partial charge in [0.05, 0.1) is 15.4 Å². The lowest BCUT2D eigenvalue weighted by molar-refractivity contribution is -0.395. The molecule has 0 heterocycles. The highest BCUT2D eigenvalue weighted by atomic mass is 16.6. The van der Waals surface area contributed by atoms with Crippen molar-refractivity contribution in [2.45, 2.75) is 13.8 Å². The van der Waals surface area contributed by atoms with Crippen LogP contribution in [-0.4, -0.2) is 28.3 Å². The minimum Gasteiger partial charge on any atom is -0.452 e. The van der Waals surface area contributed by atoms with Gasteiger partial charge in [-0.2, -0.15) is 0 Å². The van der Waals surface area contributed by atoms with Crippen LogP contribution in [0.25, 0.3) is 0 Å². The minimum absolute atomic E-state index is 0.182. The van der Waals surface area contributed by atoms with Gasteiger partial charge in [0.15, 0.2) is 6.61 Å². The Morgan fingerprint density at radius 3 is 2.11 bits per heavy atom. The maximum absolute atomic E-state index is 12.1. The second-order valence-corrected chi connectivity index (χ2v) is 5.59. The van der Waals surface area contributed by atoms with Crippen LogP contribution in [0.2, 0.25) is 0 Å². The second-order valence-electron chi connectivity index (χ2n) is 5.59. The summed E-state index contributed by atoms with van der Waals surface area (Å²) in [6.45, 7) is 2.34. The average molecular weight is 373 g/mol. The molecule has 0 atom stereocenters. The monoisotopic (exact) mass is 373 g/mol. The smallest absolute Gasteiger partial charge is 0.339 e. The number of carbonyl (C=O) groups excluding carboxylic acids is 2. The molecule has 0 fully saturated rings. The number of para-hydroxylation sites is 1. The van der Waals surface area contributed by atoms with E-state index in [0.717, 1.165) is 17.7 Å². The van der Waals surface area contributed by atoms with Crippen molar-refractivity contribution in [2.75, 3.05) is 11.9 Å². The number of esters is 1. The van der Waals surface area contributed by atoms with Gasteiger partial charge in [0.2, 0.25) is 0 Å². The Bertz CT molecular complexity index is 905. The lowest BCUT2D eigenvalue weighted by Gasteiger charge is -2.09. The number of amides is 1. The molecule has 10 heteroatoms. The molecule has 10 nitrogen and oxygen atoms in total. The molecule has 0 saturated carbocycles. The van der Waals surface area contributed by atoms with E-state index in [1.54, 1.807) is 31.2 Å². The van der Waals surface area contributed by atoms with E-state index in [4.69, 9.17) is 4.74 Å². The first-order valence-electron chi connectivity index (χ1n) is 7.66. The van der Waals surface area contributed by atoms with Gasteiger partial charge in [-0.15, -0.1) is 0 Å². The quantitative estimate of drug-likeness (QED) is 0.466. The van der Waals surface area contributed by atoms with Crippen molar-refractivity contribution in [2.24, 2.45) is 0 Å². The third kappa shape index (κ3) is 4.63. The van der Waals surface area contributed by atoms with Gasteiger partial charge >= 0.3 is 5.97 Å². The highest BCUT2D eigenvalue weighted by Gasteiger charge is 2.26. The van der Waals surface area contributed by atoms with Crippen LogP contribution in [0, 0.1) is 34.1 Å². The first kappa shape index (κ1) is 19.5. The fourth-order valence-corrected chi connectivity index (χ4v) is 2.29. The molecule has 2 aromatic rings. The number of nitro groups is 2. The Balaban J connectivity index is 2.14. The van der Waals surface area contributed by atoms with E-state index in [9.17, 15) is 29.8 Å². The van der Waals surface area contributed by atoms with E-state index in [1.165, 1.54) is 6.92 Å². The van der Waals surface area contributed by atoms with Crippen LogP contribution in [0.5, 0.6) is 0 Å². The summed E-state index contributed by atoms with van der Waals surface area (Å²) in [6, 6.07) is 8.73. The van der Waals surface area contributed by atoms with Crippen molar-refractivity contribution >= 4 is 28.9 Å². The van der Waals surface area contributed by atoms with E-state index in [1.807, 2.05) is 0 Å². The van der Waals surface area contributed by atoms with Gasteiger partial charge in [0.25, 0.3) is 17.3 Å². The third-order valence-corrected chi connectivity index (χ3v) is 3.74. The molecule has 1 N–H and O–H groups in total. The Hall–Kier alpha value is -3.82. The van der Waals surface area contributed by atoms with Crippen molar-refractivity contribution < 1.29 is 24.2 Å². The Kier molecular flexibility index (Phi) is 5.81. The number of aryl methyl sites for hydroxylation is 1. The normalized spacial score (nSPS) is 10.1. The first-order chi connectivity index (χ1) is 12.7. The highest BCUT2D eigenvalue weighted by Crippen LogP contribution is 2.29. The van der Waals surface area contributed by atoms with Gasteiger partial charge in [-0.05, 0) is 25.5 Å². The topological polar surface area (TPSA) is 142 Å². The van der Waals surface area contributed by atoms with Crippen LogP contribution >= 0.6 is 0 Å². The predicted molar refractivity (Wildman–Crippen MR) is 94.6 cm³/mol. The number of nitrogens with zero attached hydrogens (tertiary/aromatic N) is 2. The molecular formula is C17H15N3O7. The van der Waals surface area contributed by atoms with Crippen LogP contribution in [-0.2, 0) is 9.53 Å². The van der Waals surface area contributed by atoms with Crippen molar-refractivity contribution in [1.82, 2.24) is 0 Å². The summed E-state index contributed by atoms with van der Waals surface area (Å²) >= 11 is 0. The molecule has 27 heavy (non-hydrogen) atoms. The number of rotatable bonds is 6. The molecule has 1 amide bonds. The van der Waals surface area contributed by atoms with Crippen LogP contribution in [0.15, 0.2) is 36.4 Å². The SMILES string of the molecule is Cc1ccccc1NC(=O)COC(=O)c1cc([N+](=O)[O-])c(C)c([N+](=O)[O-])c1. The van der Waals surface area contributed by atoms with E-state index in [2.05, 4.69) is 5.32 Å². The number of anilines is 1. The fourth-order valence-electron chi connectivity index (χ4n) is 2.29. The van der Waals surface area contributed by atoms with Crippen molar-refractivity contribution in [1.29, 1.82) is 0 Å². The molecule has 0 spiro atoms. The lowest BCUT2D eigenvalue weighted by Crippen LogP contribution is -2.21. The molecule has 0 aliphatic rings. The molecule has 0 bridgehead atoms. The zero-order valence-electron chi connectivity index (χ0n) is 14.4. The summed E-state index contributed by atoms with van der Waals surface area (Å²) in [5, 5.41) is 24.6. The molecular weight excluding hydrogens is 358 g/mol. The van der Waals surface area contributed by atoms with Crippen molar-refractivity contribution in [3.05, 3.63) is 73.3 Å². The van der Waals surface area contributed by atoms with Gasteiger partial charge in [-0.1, -0.05) is 18.2 Å². The van der Waals surface area contributed by atoms with E-state index in [-0.39, 0.29) is 11.1 Å². The summed E-state index contributed by atoms with van der Waals surface area (Å²) in [4.78, 5) is 44.4. The number of benzene rings is 2. The number of nitro benzene ring substituents is 2. The average Bonchev–Trinajstić information content (AvgIpc) is 2.61. The lowest BCUT2D eigenvalue weighted by atomic mass is 10.1. The highest BCUT2D eigenvalue weighted by molar-refractivity contribution is 5.96. The van der Waals surface area contributed by atoms with Gasteiger partial charge in [0.1, 0.15) is 5.56 Å². The zero-order chi connectivity index (χ0) is 20.1. The molecule has 140 valence electrons. The molecule has 0 saturated heterocycles. The maximum Gasteiger partial charge on any atom is 0.339 e. The van der Waals surface area contributed by atoms with Crippen LogP contribution in [0.4, 0.5) is 17.1 Å². The van der Waals surface area contributed by atoms with Gasteiger partial charge < -0.3 is 10.1 Å². The number of hydrogen-bond acceptors (Lipinski definition) is 7. The summed E-state index contributed by atoms with van der Waals surface area (Å²) in [5.74, 6) is -1.70. The van der Waals surface area contributed by atoms with Gasteiger partial charge in [0, 0.05) is 17.8 Å². The number of carbonyl (C=O) groups is 2. The molecule has 0 aromatic heterocycles. The summed E-state index contributed by atoms with van der Waals surface area (Å²) in [6.07, 6.45) is 0. The number of nitrogens with one attached hydrogen (secondary N) is 1. The van der Waals surface area contributed by atoms with Crippen molar-refractivity contribution in [3.8, 4) is 0 Å². The van der Waals surface area contributed by atoms with E-state index in [0.29, 0.717) is 5.69 Å². The summed E-state index contributed by atoms with van der Waals surface area (Å²) < 4.78 is 4.82. The number of hydrogen-bond donors (Lipinski definition) is 1. The Morgan fingerprint density at radius 1 is 1.04 bits per heavy atom. The molecule has 0 aliphatic carbocycles. The Morgan fingerprint density at radius 2 is 1.59 bits per heavy atom. The van der Waals surface area contributed by atoms with Crippen LogP contribution < -0.4 is 5.32 Å². The predicted octanol–water partition coefficient (Wildman–Crippen LogP) is 2.92. The molecule has 2 aromatic carbocycles. The van der Waals surface area contributed by atoms with Gasteiger partial charge in [-0.3, -0.25) is 25.0 Å². The van der Waals surface area contributed by atoms with E-state index >= 15 is 0 Å². The molecule has 0 unspecified atom stereocenters. The Labute approximate surface area is 153 Å². The minimum atomic E-state index is -1.08. The van der Waals surface area contributed by atoms with E-state index < -0.39 is 39.7 Å². The largest absolute Gasteiger partial charge is 0.452 e. The molecule has 0 aliphatic heterocycles. The zero-order valence-corrected chi connectivity index (χ0v) is 14.4. The second kappa shape index (κ2) is 8.04. The summed E-state index contributed by atoms with van der Waals surface area (Å²) in [5.41, 5.74) is -0.385. The summed E-state index contributed by atoms with van der Waals surface area (Å²) in [7, 11) is 0. The molecule has 2 rings (SSSR count). The fraction of sp³-hybridized carbons (Fsp3) is 0.176. The third-order valence-electron chi connectivity index (χ3n) is 3.74. The van der Waals surface area contributed by atoms with Gasteiger partial charge in [-0.25, -0.2) is 4.79 Å². The first-order valence-corrected chi connectivity index (χ1v) is 7.66. The number of ether oxygens (including phenoxy) is 1. The van der Waals surface area contributed by atoms with Crippen LogP contribution in [0.1, 0.15) is 21.5 Å². The standard InChI is InChI=1S/C17H15N3O7/c1-10-5-3-4-6-13(10)18-16(21)9-27-17(22)12-7-14(19(23)24)11(2)15(8-12)20(25)26/h3-8H,9H2,1-2H3,(H,18,21). The van der Waals surface area contributed by atoms with Crippen LogP contribution in [0.3, 0.4) is 0 Å². The molecule has 0 radical (unpaired) electrons.